The number of benzene rings is 2. The van der Waals surface area contributed by atoms with Crippen molar-refractivity contribution in [3.63, 3.8) is 0 Å². The van der Waals surface area contributed by atoms with Gasteiger partial charge in [0.05, 0.1) is 21.0 Å². The molecule has 0 spiro atoms. The van der Waals surface area contributed by atoms with E-state index in [1.165, 1.54) is 12.1 Å². The molecule has 12 nitrogen and oxygen atoms in total. The van der Waals surface area contributed by atoms with Crippen molar-refractivity contribution in [2.45, 2.75) is 101 Å². The predicted molar refractivity (Wildman–Crippen MR) is 161 cm³/mol. The van der Waals surface area contributed by atoms with Crippen molar-refractivity contribution in [1.29, 1.82) is 0 Å². The molecule has 0 aromatic heterocycles. The number of amides is 3. The van der Waals surface area contributed by atoms with Crippen molar-refractivity contribution in [2.24, 2.45) is 0 Å². The molecule has 0 saturated heterocycles. The third kappa shape index (κ3) is 15.9. The van der Waals surface area contributed by atoms with E-state index in [4.69, 9.17) is 0 Å². The molecule has 238 valence electrons. The Kier molecular flexibility index (Phi) is 20.9. The normalized spacial score (nSPS) is 11.1. The Morgan fingerprint density at radius 2 is 1.02 bits per heavy atom. The topological polar surface area (TPSA) is 202 Å². The number of rotatable bonds is 18. The van der Waals surface area contributed by atoms with Crippen molar-refractivity contribution in [3.8, 4) is 0 Å². The minimum Gasteiger partial charge on any atom is -0.744 e. The molecule has 0 aliphatic carbocycles. The number of hydrogen-bond donors (Lipinski definition) is 3. The first-order valence-corrected chi connectivity index (χ1v) is 17.2. The van der Waals surface area contributed by atoms with Gasteiger partial charge in [0.1, 0.15) is 20.2 Å². The van der Waals surface area contributed by atoms with Crippen molar-refractivity contribution >= 4 is 55.0 Å². The maximum absolute atomic E-state index is 13.0. The van der Waals surface area contributed by atoms with Crippen molar-refractivity contribution in [1.82, 2.24) is 0 Å². The Bertz CT molecular complexity index is 1500. The van der Waals surface area contributed by atoms with Crippen LogP contribution in [0.4, 0.5) is 17.1 Å². The summed E-state index contributed by atoms with van der Waals surface area (Å²) >= 11 is 0. The molecule has 2 aromatic rings. The molecule has 0 aliphatic heterocycles. The minimum absolute atomic E-state index is 0. The van der Waals surface area contributed by atoms with Crippen LogP contribution in [0.5, 0.6) is 0 Å². The summed E-state index contributed by atoms with van der Waals surface area (Å²) in [5.41, 5.74) is -1.10. The fourth-order valence-electron chi connectivity index (χ4n) is 4.32. The van der Waals surface area contributed by atoms with Crippen molar-refractivity contribution in [3.05, 3.63) is 42.0 Å². The average molecular weight is 684 g/mol. The van der Waals surface area contributed by atoms with Crippen LogP contribution in [0.15, 0.2) is 46.2 Å². The SMILES string of the molecule is CCCCCCCC(=O)Nc1ccc(NC(=O)c2ccc(NC(=O)CCCCCCC)cc2S(=O)(=O)[O-])c(S(=O)(=O)[O-])c1.[Na+].[Na+]. The summed E-state index contributed by atoms with van der Waals surface area (Å²) in [5.74, 6) is -1.95. The zero-order chi connectivity index (χ0) is 32.0. The molecule has 0 heterocycles. The Labute approximate surface area is 310 Å². The van der Waals surface area contributed by atoms with Crippen LogP contribution in [0.1, 0.15) is 101 Å². The maximum Gasteiger partial charge on any atom is 1.00 e. The van der Waals surface area contributed by atoms with E-state index in [1.807, 2.05) is 0 Å². The van der Waals surface area contributed by atoms with E-state index in [0.29, 0.717) is 12.8 Å². The number of carbonyl (C=O) groups excluding carboxylic acids is 3. The van der Waals surface area contributed by atoms with Gasteiger partial charge in [-0.1, -0.05) is 65.2 Å². The monoisotopic (exact) mass is 683 g/mol. The summed E-state index contributed by atoms with van der Waals surface area (Å²) in [6.07, 6.45) is 9.56. The molecule has 0 unspecified atom stereocenters. The second kappa shape index (κ2) is 21.5. The second-order valence-corrected chi connectivity index (χ2v) is 12.9. The first-order valence-electron chi connectivity index (χ1n) is 14.4. The van der Waals surface area contributed by atoms with Crippen LogP contribution in [0, 0.1) is 0 Å². The first-order chi connectivity index (χ1) is 20.3. The van der Waals surface area contributed by atoms with E-state index in [-0.39, 0.29) is 89.2 Å². The Morgan fingerprint density at radius 3 is 1.47 bits per heavy atom. The molecule has 0 bridgehead atoms. The van der Waals surface area contributed by atoms with Crippen LogP contribution in [0.25, 0.3) is 0 Å². The quantitative estimate of drug-likeness (QED) is 0.104. The maximum atomic E-state index is 13.0. The van der Waals surface area contributed by atoms with Gasteiger partial charge in [-0.05, 0) is 49.2 Å². The van der Waals surface area contributed by atoms with E-state index < -0.39 is 53.1 Å². The predicted octanol–water partition coefficient (Wildman–Crippen LogP) is -0.647. The third-order valence-corrected chi connectivity index (χ3v) is 8.33. The number of anilines is 3. The van der Waals surface area contributed by atoms with Gasteiger partial charge in [-0.2, -0.15) is 0 Å². The molecule has 45 heavy (non-hydrogen) atoms. The molecule has 3 amide bonds. The zero-order valence-corrected chi connectivity index (χ0v) is 32.1. The zero-order valence-electron chi connectivity index (χ0n) is 26.4. The minimum atomic E-state index is -5.22. The van der Waals surface area contributed by atoms with Crippen molar-refractivity contribution < 1.29 is 99.4 Å². The Morgan fingerprint density at radius 1 is 0.600 bits per heavy atom. The molecule has 0 fully saturated rings. The van der Waals surface area contributed by atoms with E-state index >= 15 is 0 Å². The molecule has 0 aliphatic rings. The average Bonchev–Trinajstić information content (AvgIpc) is 2.92. The third-order valence-electron chi connectivity index (χ3n) is 6.58. The second-order valence-electron chi connectivity index (χ2n) is 10.2. The van der Waals surface area contributed by atoms with Crippen LogP contribution in [-0.2, 0) is 29.8 Å². The molecule has 2 aromatic carbocycles. The van der Waals surface area contributed by atoms with Gasteiger partial charge in [-0.25, -0.2) is 16.8 Å². The number of nitrogens with one attached hydrogen (secondary N) is 3. The van der Waals surface area contributed by atoms with Gasteiger partial charge >= 0.3 is 59.1 Å². The van der Waals surface area contributed by atoms with E-state index in [9.17, 15) is 40.3 Å². The molecule has 0 atom stereocenters. The van der Waals surface area contributed by atoms with Crippen molar-refractivity contribution in [2.75, 3.05) is 16.0 Å². The molecule has 16 heteroatoms. The number of carbonyl (C=O) groups is 3. The van der Waals surface area contributed by atoms with Crippen LogP contribution in [0.3, 0.4) is 0 Å². The summed E-state index contributed by atoms with van der Waals surface area (Å²) in [6, 6.07) is 6.30. The molecule has 0 radical (unpaired) electrons. The Balaban J connectivity index is 0.00000968. The largest absolute Gasteiger partial charge is 1.00 e. The summed E-state index contributed by atoms with van der Waals surface area (Å²) < 4.78 is 71.9. The van der Waals surface area contributed by atoms with Crippen LogP contribution < -0.4 is 75.1 Å². The van der Waals surface area contributed by atoms with Gasteiger partial charge in [-0.15, -0.1) is 0 Å². The molecule has 0 saturated carbocycles. The van der Waals surface area contributed by atoms with Gasteiger partial charge in [0.25, 0.3) is 5.91 Å². The van der Waals surface area contributed by atoms with E-state index in [2.05, 4.69) is 29.8 Å². The summed E-state index contributed by atoms with van der Waals surface area (Å²) in [5, 5.41) is 7.19. The molecular formula is C29H39N3Na2O9S2. The molecule has 2 rings (SSSR count). The van der Waals surface area contributed by atoms with Crippen LogP contribution >= 0.6 is 0 Å². The van der Waals surface area contributed by atoms with Crippen LogP contribution in [0.2, 0.25) is 0 Å². The van der Waals surface area contributed by atoms with Crippen LogP contribution in [-0.4, -0.2) is 43.7 Å². The van der Waals surface area contributed by atoms with Gasteiger partial charge in [0, 0.05) is 24.2 Å². The summed E-state index contributed by atoms with van der Waals surface area (Å²) in [7, 11) is -10.4. The van der Waals surface area contributed by atoms with Gasteiger partial charge in [0.2, 0.25) is 11.8 Å². The summed E-state index contributed by atoms with van der Waals surface area (Å²) in [4.78, 5) is 35.7. The Hall–Kier alpha value is -1.33. The number of hydrogen-bond acceptors (Lipinski definition) is 9. The fourth-order valence-corrected chi connectivity index (χ4v) is 5.68. The summed E-state index contributed by atoms with van der Waals surface area (Å²) in [6.45, 7) is 4.14. The van der Waals surface area contributed by atoms with Gasteiger partial charge < -0.3 is 25.1 Å². The fraction of sp³-hybridized carbons (Fsp3) is 0.483. The standard InChI is InChI=1S/C29H41N3O9S2.2Na/c1-3-5-7-9-11-13-27(33)30-21-15-17-23(25(19-21)42(36,37)38)29(35)32-24-18-16-22(20-26(24)43(39,40)41)31-28(34)14-12-10-8-6-4-2;;/h15-20H,3-14H2,1-2H3,(H,30,33)(H,31,34)(H,32,35)(H,36,37,38)(H,39,40,41);;/q;2*+1/p-2. The van der Waals surface area contributed by atoms with E-state index in [1.54, 1.807) is 0 Å². The first kappa shape index (κ1) is 43.7. The number of unbranched alkanes of at least 4 members (excludes halogenated alkanes) is 8. The van der Waals surface area contributed by atoms with E-state index in [0.717, 1.165) is 75.6 Å². The van der Waals surface area contributed by atoms with Gasteiger partial charge in [-0.3, -0.25) is 14.4 Å². The molecule has 3 N–H and O–H groups in total. The molecular weight excluding hydrogens is 644 g/mol. The van der Waals surface area contributed by atoms with Gasteiger partial charge in [0.15, 0.2) is 0 Å². The smallest absolute Gasteiger partial charge is 0.744 e.